The summed E-state index contributed by atoms with van der Waals surface area (Å²) in [6.07, 6.45) is 1.91. The van der Waals surface area contributed by atoms with Gasteiger partial charge in [0.05, 0.1) is 10.6 Å². The summed E-state index contributed by atoms with van der Waals surface area (Å²) in [5.74, 6) is -0.762. The van der Waals surface area contributed by atoms with Gasteiger partial charge in [0, 0.05) is 23.5 Å². The molecule has 0 aliphatic heterocycles. The van der Waals surface area contributed by atoms with Crippen LogP contribution in [-0.2, 0) is 4.79 Å². The van der Waals surface area contributed by atoms with Crippen molar-refractivity contribution in [3.05, 3.63) is 77.4 Å². The Morgan fingerprint density at radius 1 is 1.24 bits per heavy atom. The fourth-order valence-electron chi connectivity index (χ4n) is 2.87. The van der Waals surface area contributed by atoms with Crippen LogP contribution in [0.15, 0.2) is 66.3 Å². The highest BCUT2D eigenvalue weighted by Gasteiger charge is 2.26. The van der Waals surface area contributed by atoms with Crippen molar-refractivity contribution >= 4 is 17.3 Å². The number of hydrogen-bond donors (Lipinski definition) is 2. The summed E-state index contributed by atoms with van der Waals surface area (Å²) in [6.45, 7) is 0. The zero-order chi connectivity index (χ0) is 20.2. The van der Waals surface area contributed by atoms with Gasteiger partial charge in [0.25, 0.3) is 0 Å². The normalized spacial score (nSPS) is 11.6. The molecule has 0 bridgehead atoms. The zero-order valence-corrected chi connectivity index (χ0v) is 15.8. The van der Waals surface area contributed by atoms with Crippen molar-refractivity contribution in [2.75, 3.05) is 0 Å². The third-order valence-corrected chi connectivity index (χ3v) is 5.07. The van der Waals surface area contributed by atoms with Gasteiger partial charge in [-0.2, -0.15) is 5.26 Å². The van der Waals surface area contributed by atoms with Crippen molar-refractivity contribution in [2.45, 2.75) is 6.10 Å². The first-order valence-corrected chi connectivity index (χ1v) is 9.48. The van der Waals surface area contributed by atoms with Gasteiger partial charge >= 0.3 is 5.97 Å². The number of aromatic nitrogens is 3. The fourth-order valence-corrected chi connectivity index (χ4v) is 3.55. The molecule has 0 aliphatic carbocycles. The number of nitrogens with zero attached hydrogens (tertiary/aromatic N) is 3. The number of pyridine rings is 1. The summed E-state index contributed by atoms with van der Waals surface area (Å²) >= 11 is 1.48. The molecule has 7 nitrogen and oxygen atoms in total. The van der Waals surface area contributed by atoms with E-state index in [-0.39, 0.29) is 11.4 Å². The van der Waals surface area contributed by atoms with Gasteiger partial charge in [-0.3, -0.25) is 0 Å². The van der Waals surface area contributed by atoms with E-state index < -0.39 is 12.1 Å². The van der Waals surface area contributed by atoms with Gasteiger partial charge in [0.2, 0.25) is 12.0 Å². The van der Waals surface area contributed by atoms with Gasteiger partial charge < -0.3 is 14.8 Å². The van der Waals surface area contributed by atoms with Crippen LogP contribution in [0.2, 0.25) is 0 Å². The number of aliphatic carboxylic acids is 1. The largest absolute Gasteiger partial charge is 0.478 e. The highest BCUT2D eigenvalue weighted by atomic mass is 32.1. The second kappa shape index (κ2) is 7.96. The zero-order valence-electron chi connectivity index (χ0n) is 14.9. The molecule has 0 aliphatic rings. The summed E-state index contributed by atoms with van der Waals surface area (Å²) in [4.78, 5) is 24.4. The van der Waals surface area contributed by atoms with Gasteiger partial charge in [0.1, 0.15) is 17.5 Å². The molecule has 3 heterocycles. The summed E-state index contributed by atoms with van der Waals surface area (Å²) in [6, 6.07) is 16.1. The monoisotopic (exact) mass is 402 g/mol. The highest BCUT2D eigenvalue weighted by Crippen LogP contribution is 2.35. The molecule has 0 amide bonds. The van der Waals surface area contributed by atoms with Gasteiger partial charge in [0.15, 0.2) is 0 Å². The Kier molecular flexibility index (Phi) is 5.05. The number of ether oxygens (including phenoxy) is 1. The third-order valence-electron chi connectivity index (χ3n) is 4.18. The molecule has 142 valence electrons. The lowest BCUT2D eigenvalue weighted by molar-refractivity contribution is -0.145. The van der Waals surface area contributed by atoms with Gasteiger partial charge in [-0.15, -0.1) is 11.3 Å². The number of aromatic amines is 1. The predicted octanol–water partition coefficient (Wildman–Crippen LogP) is 4.28. The second-order valence-electron chi connectivity index (χ2n) is 6.01. The SMILES string of the molecule is N#Cc1c(-c2ncc[nH]2)cc(-c2cccs2)nc1OC(C(=O)O)c1ccccc1. The summed E-state index contributed by atoms with van der Waals surface area (Å²) < 4.78 is 5.79. The number of benzene rings is 1. The molecule has 1 atom stereocenters. The van der Waals surface area contributed by atoms with Crippen LogP contribution in [0.1, 0.15) is 17.2 Å². The average molecular weight is 402 g/mol. The van der Waals surface area contributed by atoms with Crippen LogP contribution in [-0.4, -0.2) is 26.0 Å². The lowest BCUT2D eigenvalue weighted by atomic mass is 10.1. The molecule has 1 unspecified atom stereocenters. The molecule has 29 heavy (non-hydrogen) atoms. The maximum atomic E-state index is 11.9. The molecule has 0 saturated heterocycles. The van der Waals surface area contributed by atoms with Crippen LogP contribution < -0.4 is 4.74 Å². The van der Waals surface area contributed by atoms with E-state index in [1.54, 1.807) is 48.8 Å². The standard InChI is InChI=1S/C21H14N4O3S/c22-12-15-14(19-23-8-9-24-19)11-16(17-7-4-10-29-17)25-20(15)28-18(21(26)27)13-5-2-1-3-6-13/h1-11,18H,(H,23,24)(H,26,27). The predicted molar refractivity (Wildman–Crippen MR) is 107 cm³/mol. The van der Waals surface area contributed by atoms with Crippen molar-refractivity contribution in [1.82, 2.24) is 15.0 Å². The van der Waals surface area contributed by atoms with Crippen molar-refractivity contribution < 1.29 is 14.6 Å². The summed E-state index contributed by atoms with van der Waals surface area (Å²) in [5, 5.41) is 21.4. The van der Waals surface area contributed by atoms with E-state index in [0.717, 1.165) is 4.88 Å². The lowest BCUT2D eigenvalue weighted by Gasteiger charge is -2.17. The number of carboxylic acids is 1. The Hall–Kier alpha value is -3.96. The number of H-pyrrole nitrogens is 1. The average Bonchev–Trinajstić information content (AvgIpc) is 3.46. The lowest BCUT2D eigenvalue weighted by Crippen LogP contribution is -2.19. The maximum Gasteiger partial charge on any atom is 0.349 e. The number of nitrogens with one attached hydrogen (secondary N) is 1. The molecule has 4 rings (SSSR count). The topological polar surface area (TPSA) is 112 Å². The van der Waals surface area contributed by atoms with Crippen LogP contribution in [0.5, 0.6) is 5.88 Å². The molecule has 1 aromatic carbocycles. The van der Waals surface area contributed by atoms with E-state index in [2.05, 4.69) is 21.0 Å². The van der Waals surface area contributed by atoms with Crippen molar-refractivity contribution in [2.24, 2.45) is 0 Å². The van der Waals surface area contributed by atoms with Gasteiger partial charge in [-0.25, -0.2) is 14.8 Å². The van der Waals surface area contributed by atoms with Gasteiger partial charge in [-0.1, -0.05) is 36.4 Å². The van der Waals surface area contributed by atoms with E-state index in [1.165, 1.54) is 11.3 Å². The Morgan fingerprint density at radius 2 is 2.07 bits per heavy atom. The van der Waals surface area contributed by atoms with E-state index >= 15 is 0 Å². The van der Waals surface area contributed by atoms with Crippen LogP contribution >= 0.6 is 11.3 Å². The summed E-state index contributed by atoms with van der Waals surface area (Å²) in [7, 11) is 0. The van der Waals surface area contributed by atoms with E-state index in [4.69, 9.17) is 4.74 Å². The van der Waals surface area contributed by atoms with Crippen molar-refractivity contribution in [3.63, 3.8) is 0 Å². The molecule has 0 fully saturated rings. The molecule has 0 radical (unpaired) electrons. The van der Waals surface area contributed by atoms with E-state index in [1.807, 2.05) is 17.5 Å². The third kappa shape index (κ3) is 3.72. The number of thiophene rings is 1. The molecule has 0 spiro atoms. The number of carbonyl (C=O) groups is 1. The molecule has 0 saturated carbocycles. The van der Waals surface area contributed by atoms with Gasteiger partial charge in [-0.05, 0) is 17.5 Å². The fraction of sp³-hybridized carbons (Fsp3) is 0.0476. The minimum absolute atomic E-state index is 0.0546. The Labute approximate surface area is 169 Å². The highest BCUT2D eigenvalue weighted by molar-refractivity contribution is 7.13. The van der Waals surface area contributed by atoms with E-state index in [9.17, 15) is 15.2 Å². The molecular formula is C21H14N4O3S. The van der Waals surface area contributed by atoms with Crippen molar-refractivity contribution in [3.8, 4) is 33.9 Å². The van der Waals surface area contributed by atoms with Crippen LogP contribution in [0.25, 0.3) is 22.0 Å². The molecule has 8 heteroatoms. The van der Waals surface area contributed by atoms with E-state index in [0.29, 0.717) is 22.6 Å². The number of imidazole rings is 1. The first kappa shape index (κ1) is 18.4. The smallest absolute Gasteiger partial charge is 0.349 e. The summed E-state index contributed by atoms with van der Waals surface area (Å²) in [5.41, 5.74) is 1.62. The quantitative estimate of drug-likeness (QED) is 0.498. The molecular weight excluding hydrogens is 388 g/mol. The second-order valence-corrected chi connectivity index (χ2v) is 6.96. The Morgan fingerprint density at radius 3 is 2.69 bits per heavy atom. The van der Waals surface area contributed by atoms with Crippen LogP contribution in [0.4, 0.5) is 0 Å². The number of rotatable bonds is 6. The minimum Gasteiger partial charge on any atom is -0.478 e. The number of carboxylic acid groups (broad SMARTS) is 1. The Balaban J connectivity index is 1.87. The molecule has 2 N–H and O–H groups in total. The first-order valence-electron chi connectivity index (χ1n) is 8.60. The number of nitriles is 1. The minimum atomic E-state index is -1.31. The van der Waals surface area contributed by atoms with Crippen molar-refractivity contribution in [1.29, 1.82) is 5.26 Å². The Bertz CT molecular complexity index is 1170. The maximum absolute atomic E-state index is 11.9. The van der Waals surface area contributed by atoms with Crippen LogP contribution in [0, 0.1) is 11.3 Å². The first-order chi connectivity index (χ1) is 14.2. The molecule has 4 aromatic rings. The van der Waals surface area contributed by atoms with Crippen LogP contribution in [0.3, 0.4) is 0 Å². The number of hydrogen-bond acceptors (Lipinski definition) is 6. The molecule has 3 aromatic heterocycles.